The maximum atomic E-state index is 15.0. The van der Waals surface area contributed by atoms with Gasteiger partial charge in [-0.2, -0.15) is 0 Å². The van der Waals surface area contributed by atoms with Crippen LogP contribution in [-0.2, 0) is 4.79 Å². The fourth-order valence-corrected chi connectivity index (χ4v) is 4.36. The molecule has 0 unspecified atom stereocenters. The lowest BCUT2D eigenvalue weighted by Gasteiger charge is -2.32. The first-order chi connectivity index (χ1) is 16.0. The largest absolute Gasteiger partial charge is 0.459 e. The van der Waals surface area contributed by atoms with E-state index in [1.807, 2.05) is 24.3 Å². The molecular weight excluding hydrogens is 419 g/mol. The van der Waals surface area contributed by atoms with Gasteiger partial charge in [0, 0.05) is 6.04 Å². The Morgan fingerprint density at radius 1 is 0.970 bits per heavy atom. The van der Waals surface area contributed by atoms with Gasteiger partial charge in [0.2, 0.25) is 5.91 Å². The normalized spacial score (nSPS) is 14.9. The first-order valence-corrected chi connectivity index (χ1v) is 11.5. The highest BCUT2D eigenvalue weighted by atomic mass is 19.1. The van der Waals surface area contributed by atoms with Crippen molar-refractivity contribution in [2.45, 2.75) is 57.5 Å². The highest BCUT2D eigenvalue weighted by molar-refractivity contribution is 6.08. The Kier molecular flexibility index (Phi) is 6.92. The number of nitrogens with zero attached hydrogens (tertiary/aromatic N) is 1. The van der Waals surface area contributed by atoms with E-state index in [1.165, 1.54) is 29.4 Å². The van der Waals surface area contributed by atoms with Crippen molar-refractivity contribution in [1.29, 1.82) is 0 Å². The van der Waals surface area contributed by atoms with E-state index in [9.17, 15) is 14.0 Å². The van der Waals surface area contributed by atoms with Gasteiger partial charge in [-0.05, 0) is 54.2 Å². The maximum Gasteiger partial charge on any atom is 0.295 e. The predicted molar refractivity (Wildman–Crippen MR) is 126 cm³/mol. The summed E-state index contributed by atoms with van der Waals surface area (Å²) in [7, 11) is 0. The number of furan rings is 1. The van der Waals surface area contributed by atoms with E-state index >= 15 is 0 Å². The molecule has 1 heterocycles. The van der Waals surface area contributed by atoms with Gasteiger partial charge in [0.15, 0.2) is 5.76 Å². The maximum absolute atomic E-state index is 15.0. The molecule has 6 heteroatoms. The number of carbonyl (C=O) groups is 2. The van der Waals surface area contributed by atoms with Crippen molar-refractivity contribution in [3.8, 4) is 0 Å². The second-order valence-corrected chi connectivity index (χ2v) is 8.82. The summed E-state index contributed by atoms with van der Waals surface area (Å²) in [5.41, 5.74) is 1.75. The zero-order chi connectivity index (χ0) is 23.4. The summed E-state index contributed by atoms with van der Waals surface area (Å²) in [6.07, 6.45) is 5.30. The number of amides is 2. The van der Waals surface area contributed by atoms with Gasteiger partial charge in [0.1, 0.15) is 11.9 Å². The van der Waals surface area contributed by atoms with Crippen LogP contribution in [-0.4, -0.2) is 17.9 Å². The zero-order valence-corrected chi connectivity index (χ0v) is 19.0. The summed E-state index contributed by atoms with van der Waals surface area (Å²) in [5.74, 6) is -1.14. The van der Waals surface area contributed by atoms with E-state index in [0.717, 1.165) is 31.2 Å². The molecule has 1 atom stereocenters. The SMILES string of the molecule is CC(C)c1ccc([C@@H](C(=O)NC2CCCC2)N(C(=O)c2ccco2)c2ccccc2F)cc1. The van der Waals surface area contributed by atoms with Gasteiger partial charge in [0.05, 0.1) is 12.0 Å². The molecule has 172 valence electrons. The second-order valence-electron chi connectivity index (χ2n) is 8.82. The molecule has 5 nitrogen and oxygen atoms in total. The number of hydrogen-bond acceptors (Lipinski definition) is 3. The third-order valence-electron chi connectivity index (χ3n) is 6.19. The van der Waals surface area contributed by atoms with Crippen molar-refractivity contribution in [2.24, 2.45) is 0 Å². The third-order valence-corrected chi connectivity index (χ3v) is 6.19. The van der Waals surface area contributed by atoms with E-state index in [0.29, 0.717) is 11.5 Å². The highest BCUT2D eigenvalue weighted by Crippen LogP contribution is 2.33. The van der Waals surface area contributed by atoms with Crippen LogP contribution in [0.25, 0.3) is 0 Å². The minimum Gasteiger partial charge on any atom is -0.459 e. The Hall–Kier alpha value is -3.41. The van der Waals surface area contributed by atoms with Gasteiger partial charge >= 0.3 is 0 Å². The van der Waals surface area contributed by atoms with Gasteiger partial charge in [0.25, 0.3) is 5.91 Å². The number of carbonyl (C=O) groups excluding carboxylic acids is 2. The lowest BCUT2D eigenvalue weighted by Crippen LogP contribution is -2.46. The van der Waals surface area contributed by atoms with E-state index in [2.05, 4.69) is 19.2 Å². The van der Waals surface area contributed by atoms with Crippen molar-refractivity contribution in [3.63, 3.8) is 0 Å². The molecule has 1 saturated carbocycles. The van der Waals surface area contributed by atoms with Gasteiger partial charge < -0.3 is 9.73 Å². The van der Waals surface area contributed by atoms with Crippen LogP contribution in [0.4, 0.5) is 10.1 Å². The van der Waals surface area contributed by atoms with Crippen LogP contribution >= 0.6 is 0 Å². The third kappa shape index (κ3) is 5.00. The van der Waals surface area contributed by atoms with Gasteiger partial charge in [-0.25, -0.2) is 4.39 Å². The number of hydrogen-bond donors (Lipinski definition) is 1. The lowest BCUT2D eigenvalue weighted by atomic mass is 9.97. The van der Waals surface area contributed by atoms with Crippen molar-refractivity contribution in [3.05, 3.63) is 89.6 Å². The first-order valence-electron chi connectivity index (χ1n) is 11.5. The summed E-state index contributed by atoms with van der Waals surface area (Å²) in [5, 5.41) is 3.10. The van der Waals surface area contributed by atoms with E-state index in [4.69, 9.17) is 4.42 Å². The van der Waals surface area contributed by atoms with E-state index in [1.54, 1.807) is 18.2 Å². The Morgan fingerprint density at radius 3 is 2.24 bits per heavy atom. The van der Waals surface area contributed by atoms with Gasteiger partial charge in [-0.15, -0.1) is 0 Å². The minimum atomic E-state index is -1.05. The quantitative estimate of drug-likeness (QED) is 0.483. The molecule has 1 aromatic heterocycles. The number of benzene rings is 2. The molecular formula is C27H29FN2O3. The van der Waals surface area contributed by atoms with Gasteiger partial charge in [-0.3, -0.25) is 14.5 Å². The van der Waals surface area contributed by atoms with Crippen molar-refractivity contribution in [2.75, 3.05) is 4.90 Å². The molecule has 0 saturated heterocycles. The molecule has 0 aliphatic heterocycles. The van der Waals surface area contributed by atoms with Crippen LogP contribution in [0.15, 0.2) is 71.3 Å². The average Bonchev–Trinajstić information content (AvgIpc) is 3.52. The number of rotatable bonds is 7. The predicted octanol–water partition coefficient (Wildman–Crippen LogP) is 5.99. The molecule has 1 fully saturated rings. The summed E-state index contributed by atoms with van der Waals surface area (Å²) < 4.78 is 20.3. The van der Waals surface area contributed by atoms with Crippen LogP contribution in [0, 0.1) is 5.82 Å². The molecule has 33 heavy (non-hydrogen) atoms. The van der Waals surface area contributed by atoms with Crippen molar-refractivity contribution < 1.29 is 18.4 Å². The van der Waals surface area contributed by atoms with Gasteiger partial charge in [-0.1, -0.05) is 63.1 Å². The molecule has 0 radical (unpaired) electrons. The number of anilines is 1. The second kappa shape index (κ2) is 10.0. The first kappa shape index (κ1) is 22.8. The van der Waals surface area contributed by atoms with Crippen LogP contribution in [0.3, 0.4) is 0 Å². The van der Waals surface area contributed by atoms with Crippen LogP contribution in [0.1, 0.15) is 73.2 Å². The topological polar surface area (TPSA) is 62.6 Å². The molecule has 2 amide bonds. The smallest absolute Gasteiger partial charge is 0.295 e. The van der Waals surface area contributed by atoms with Crippen molar-refractivity contribution in [1.82, 2.24) is 5.32 Å². The number of para-hydroxylation sites is 1. The Bertz CT molecular complexity index is 1090. The summed E-state index contributed by atoms with van der Waals surface area (Å²) in [6, 6.07) is 15.7. The number of nitrogens with one attached hydrogen (secondary N) is 1. The minimum absolute atomic E-state index is 0.0263. The summed E-state index contributed by atoms with van der Waals surface area (Å²) in [4.78, 5) is 28.4. The van der Waals surface area contributed by atoms with Crippen LogP contribution in [0.2, 0.25) is 0 Å². The molecule has 2 aromatic carbocycles. The standard InChI is InChI=1S/C27H29FN2O3/c1-18(2)19-13-15-20(16-14-19)25(26(31)29-21-8-3-4-9-21)30(23-11-6-5-10-22(23)28)27(32)24-12-7-17-33-24/h5-7,10-18,21,25H,3-4,8-9H2,1-2H3,(H,29,31)/t25-/m0/s1. The lowest BCUT2D eigenvalue weighted by molar-refractivity contribution is -0.123. The van der Waals surface area contributed by atoms with Crippen LogP contribution in [0.5, 0.6) is 0 Å². The fourth-order valence-electron chi connectivity index (χ4n) is 4.36. The molecule has 4 rings (SSSR count). The Balaban J connectivity index is 1.82. The molecule has 1 aliphatic carbocycles. The van der Waals surface area contributed by atoms with E-state index < -0.39 is 17.8 Å². The zero-order valence-electron chi connectivity index (χ0n) is 19.0. The Morgan fingerprint density at radius 2 is 1.64 bits per heavy atom. The molecule has 1 aliphatic rings. The summed E-state index contributed by atoms with van der Waals surface area (Å²) in [6.45, 7) is 4.18. The number of halogens is 1. The highest BCUT2D eigenvalue weighted by Gasteiger charge is 2.37. The monoisotopic (exact) mass is 448 g/mol. The molecule has 1 N–H and O–H groups in total. The Labute approximate surface area is 193 Å². The summed E-state index contributed by atoms with van der Waals surface area (Å²) >= 11 is 0. The molecule has 0 bridgehead atoms. The molecule has 3 aromatic rings. The molecule has 0 spiro atoms. The fraction of sp³-hybridized carbons (Fsp3) is 0.333. The van der Waals surface area contributed by atoms with E-state index in [-0.39, 0.29) is 23.4 Å². The van der Waals surface area contributed by atoms with Crippen molar-refractivity contribution >= 4 is 17.5 Å². The average molecular weight is 449 g/mol. The van der Waals surface area contributed by atoms with Crippen LogP contribution < -0.4 is 10.2 Å².